The molecule has 1 atom stereocenters. The number of benzene rings is 2. The predicted octanol–water partition coefficient (Wildman–Crippen LogP) is 4.24. The van der Waals surface area contributed by atoms with Crippen LogP contribution in [0.2, 0.25) is 0 Å². The largest absolute Gasteiger partial charge is 0.497 e. The van der Waals surface area contributed by atoms with Crippen LogP contribution in [0.4, 0.5) is 0 Å². The fourth-order valence-electron chi connectivity index (χ4n) is 2.77. The first-order valence-electron chi connectivity index (χ1n) is 7.74. The minimum atomic E-state index is -0.339. The van der Waals surface area contributed by atoms with Crippen molar-refractivity contribution in [3.05, 3.63) is 76.5 Å². The van der Waals surface area contributed by atoms with E-state index in [9.17, 15) is 4.79 Å². The molecule has 3 aromatic rings. The van der Waals surface area contributed by atoms with Gasteiger partial charge in [-0.15, -0.1) is 11.3 Å². The van der Waals surface area contributed by atoms with Gasteiger partial charge in [-0.1, -0.05) is 42.5 Å². The molecule has 24 heavy (non-hydrogen) atoms. The van der Waals surface area contributed by atoms with E-state index in [0.29, 0.717) is 6.42 Å². The van der Waals surface area contributed by atoms with E-state index in [1.54, 1.807) is 18.4 Å². The van der Waals surface area contributed by atoms with Gasteiger partial charge < -0.3 is 10.5 Å². The molecule has 1 aromatic heterocycles. The third-order valence-electron chi connectivity index (χ3n) is 4.04. The van der Waals surface area contributed by atoms with E-state index in [1.807, 2.05) is 47.8 Å². The Kier molecular flexibility index (Phi) is 4.96. The van der Waals surface area contributed by atoms with Crippen molar-refractivity contribution in [1.82, 2.24) is 0 Å². The average Bonchev–Trinajstić information content (AvgIpc) is 3.10. The molecule has 0 radical (unpaired) electrons. The van der Waals surface area contributed by atoms with Gasteiger partial charge in [-0.25, -0.2) is 0 Å². The van der Waals surface area contributed by atoms with Gasteiger partial charge in [-0.05, 0) is 46.7 Å². The van der Waals surface area contributed by atoms with Crippen LogP contribution in [0.5, 0.6) is 5.75 Å². The normalized spacial score (nSPS) is 11.9. The van der Waals surface area contributed by atoms with Crippen LogP contribution in [0.25, 0.3) is 11.1 Å². The van der Waals surface area contributed by atoms with Crippen LogP contribution in [0, 0.1) is 0 Å². The quantitative estimate of drug-likeness (QED) is 0.731. The minimum Gasteiger partial charge on any atom is -0.497 e. The number of rotatable bonds is 6. The van der Waals surface area contributed by atoms with Crippen molar-refractivity contribution < 1.29 is 9.53 Å². The fourth-order valence-corrected chi connectivity index (χ4v) is 3.79. The highest BCUT2D eigenvalue weighted by Gasteiger charge is 2.23. The Bertz CT molecular complexity index is 809. The standard InChI is InChI=1S/C20H19NO2S/c1-23-16-9-7-14(8-10-16)13-18(20(21)22)19-17(11-12-24-19)15-5-3-2-4-6-15/h2-12,18H,13H2,1H3,(H2,21,22). The van der Waals surface area contributed by atoms with Gasteiger partial charge >= 0.3 is 0 Å². The van der Waals surface area contributed by atoms with Crippen LogP contribution >= 0.6 is 11.3 Å². The molecular weight excluding hydrogens is 318 g/mol. The minimum absolute atomic E-state index is 0.301. The second-order valence-corrected chi connectivity index (χ2v) is 6.52. The van der Waals surface area contributed by atoms with Gasteiger partial charge in [0.2, 0.25) is 5.91 Å². The summed E-state index contributed by atoms with van der Waals surface area (Å²) in [6.45, 7) is 0. The number of nitrogens with two attached hydrogens (primary N) is 1. The molecule has 0 spiro atoms. The molecule has 0 bridgehead atoms. The molecule has 122 valence electrons. The summed E-state index contributed by atoms with van der Waals surface area (Å²) in [4.78, 5) is 13.1. The average molecular weight is 337 g/mol. The molecule has 3 nitrogen and oxygen atoms in total. The Morgan fingerprint density at radius 2 is 1.79 bits per heavy atom. The lowest BCUT2D eigenvalue weighted by Gasteiger charge is -2.15. The summed E-state index contributed by atoms with van der Waals surface area (Å²) >= 11 is 1.58. The number of amides is 1. The zero-order valence-corrected chi connectivity index (χ0v) is 14.3. The van der Waals surface area contributed by atoms with E-state index in [2.05, 4.69) is 18.2 Å². The van der Waals surface area contributed by atoms with E-state index < -0.39 is 0 Å². The molecule has 0 fully saturated rings. The van der Waals surface area contributed by atoms with Crippen LogP contribution in [-0.4, -0.2) is 13.0 Å². The number of primary amides is 1. The smallest absolute Gasteiger partial charge is 0.226 e. The Hall–Kier alpha value is -2.59. The Balaban J connectivity index is 1.92. The first-order valence-corrected chi connectivity index (χ1v) is 8.62. The molecule has 2 N–H and O–H groups in total. The highest BCUT2D eigenvalue weighted by atomic mass is 32.1. The van der Waals surface area contributed by atoms with Gasteiger partial charge in [0.05, 0.1) is 13.0 Å². The number of carbonyl (C=O) groups is 1. The first-order chi connectivity index (χ1) is 11.7. The van der Waals surface area contributed by atoms with Crippen LogP contribution < -0.4 is 10.5 Å². The summed E-state index contributed by atoms with van der Waals surface area (Å²) in [6, 6.07) is 19.9. The summed E-state index contributed by atoms with van der Waals surface area (Å²) in [6.07, 6.45) is 0.583. The van der Waals surface area contributed by atoms with Gasteiger partial charge in [0, 0.05) is 4.88 Å². The lowest BCUT2D eigenvalue weighted by atomic mass is 9.93. The lowest BCUT2D eigenvalue weighted by Crippen LogP contribution is -2.23. The predicted molar refractivity (Wildman–Crippen MR) is 98.4 cm³/mol. The summed E-state index contributed by atoms with van der Waals surface area (Å²) in [5, 5.41) is 2.02. The third-order valence-corrected chi connectivity index (χ3v) is 5.07. The molecule has 0 saturated carbocycles. The van der Waals surface area contributed by atoms with Crippen molar-refractivity contribution in [3.63, 3.8) is 0 Å². The van der Waals surface area contributed by atoms with Crippen LogP contribution in [-0.2, 0) is 11.2 Å². The third kappa shape index (κ3) is 3.49. The van der Waals surface area contributed by atoms with Crippen LogP contribution in [0.3, 0.4) is 0 Å². The lowest BCUT2D eigenvalue weighted by molar-refractivity contribution is -0.119. The molecule has 1 unspecified atom stereocenters. The zero-order valence-electron chi connectivity index (χ0n) is 13.4. The summed E-state index contributed by atoms with van der Waals surface area (Å²) in [7, 11) is 1.64. The molecule has 1 heterocycles. The number of hydrogen-bond acceptors (Lipinski definition) is 3. The van der Waals surface area contributed by atoms with Crippen molar-refractivity contribution in [1.29, 1.82) is 0 Å². The Labute approximate surface area is 145 Å². The maximum Gasteiger partial charge on any atom is 0.226 e. The van der Waals surface area contributed by atoms with E-state index in [1.165, 1.54) is 0 Å². The SMILES string of the molecule is COc1ccc(CC(C(N)=O)c2sccc2-c2ccccc2)cc1. The molecule has 1 amide bonds. The highest BCUT2D eigenvalue weighted by molar-refractivity contribution is 7.10. The maximum absolute atomic E-state index is 12.1. The van der Waals surface area contributed by atoms with Gasteiger partial charge in [0.25, 0.3) is 0 Å². The van der Waals surface area contributed by atoms with Crippen molar-refractivity contribution in [2.45, 2.75) is 12.3 Å². The first kappa shape index (κ1) is 16.3. The van der Waals surface area contributed by atoms with Crippen LogP contribution in [0.1, 0.15) is 16.4 Å². The molecule has 2 aromatic carbocycles. The number of carbonyl (C=O) groups excluding carboxylic acids is 1. The maximum atomic E-state index is 12.1. The molecule has 0 aliphatic heterocycles. The van der Waals surface area contributed by atoms with Crippen molar-refractivity contribution in [2.75, 3.05) is 7.11 Å². The highest BCUT2D eigenvalue weighted by Crippen LogP contribution is 2.35. The van der Waals surface area contributed by atoms with Gasteiger partial charge in [0.1, 0.15) is 5.75 Å². The second kappa shape index (κ2) is 7.32. The molecular formula is C20H19NO2S. The molecule has 4 heteroatoms. The Morgan fingerprint density at radius 1 is 1.08 bits per heavy atom. The topological polar surface area (TPSA) is 52.3 Å². The van der Waals surface area contributed by atoms with E-state index >= 15 is 0 Å². The van der Waals surface area contributed by atoms with Gasteiger partial charge in [-0.2, -0.15) is 0 Å². The fraction of sp³-hybridized carbons (Fsp3) is 0.150. The van der Waals surface area contributed by atoms with E-state index in [4.69, 9.17) is 10.5 Å². The van der Waals surface area contributed by atoms with Crippen molar-refractivity contribution >= 4 is 17.2 Å². The summed E-state index contributed by atoms with van der Waals surface area (Å²) < 4.78 is 5.18. The van der Waals surface area contributed by atoms with Gasteiger partial charge in [-0.3, -0.25) is 4.79 Å². The summed E-state index contributed by atoms with van der Waals surface area (Å²) in [5.74, 6) is 0.162. The Morgan fingerprint density at radius 3 is 2.42 bits per heavy atom. The van der Waals surface area contributed by atoms with E-state index in [0.717, 1.165) is 27.3 Å². The van der Waals surface area contributed by atoms with E-state index in [-0.39, 0.29) is 11.8 Å². The van der Waals surface area contributed by atoms with Crippen LogP contribution in [0.15, 0.2) is 66.0 Å². The van der Waals surface area contributed by atoms with Gasteiger partial charge in [0.15, 0.2) is 0 Å². The number of thiophene rings is 1. The zero-order chi connectivity index (χ0) is 16.9. The molecule has 0 saturated heterocycles. The van der Waals surface area contributed by atoms with Crippen molar-refractivity contribution in [3.8, 4) is 16.9 Å². The monoisotopic (exact) mass is 337 g/mol. The molecule has 0 aliphatic carbocycles. The number of ether oxygens (including phenoxy) is 1. The molecule has 0 aliphatic rings. The van der Waals surface area contributed by atoms with Crippen molar-refractivity contribution in [2.24, 2.45) is 5.73 Å². The number of hydrogen-bond donors (Lipinski definition) is 1. The summed E-state index contributed by atoms with van der Waals surface area (Å²) in [5.41, 5.74) is 8.97. The molecule has 3 rings (SSSR count). The number of methoxy groups -OCH3 is 1. The second-order valence-electron chi connectivity index (χ2n) is 5.57.